The van der Waals surface area contributed by atoms with Crippen LogP contribution >= 0.6 is 0 Å². The molecule has 0 amide bonds. The van der Waals surface area contributed by atoms with Crippen molar-refractivity contribution in [2.24, 2.45) is 7.05 Å². The fourth-order valence-corrected chi connectivity index (χ4v) is 3.07. The van der Waals surface area contributed by atoms with Crippen molar-refractivity contribution in [3.8, 4) is 16.9 Å². The van der Waals surface area contributed by atoms with Crippen LogP contribution in [-0.4, -0.2) is 31.5 Å². The molecular formula is C16H15F4NO4S. The Morgan fingerprint density at radius 2 is 1.81 bits per heavy atom. The molecule has 26 heavy (non-hydrogen) atoms. The summed E-state index contributed by atoms with van der Waals surface area (Å²) in [6.45, 7) is -0.274. The van der Waals surface area contributed by atoms with Crippen molar-refractivity contribution in [2.45, 2.75) is 18.0 Å². The second-order valence-electron chi connectivity index (χ2n) is 5.45. The van der Waals surface area contributed by atoms with Gasteiger partial charge in [-0.1, -0.05) is 6.92 Å². The lowest BCUT2D eigenvalue weighted by molar-refractivity contribution is -0.153. The van der Waals surface area contributed by atoms with Crippen molar-refractivity contribution < 1.29 is 30.7 Å². The third-order valence-corrected chi connectivity index (χ3v) is 5.28. The number of rotatable bonds is 5. The fraction of sp³-hybridized carbons (Fsp3) is 0.312. The molecule has 2 rings (SSSR count). The van der Waals surface area contributed by atoms with Gasteiger partial charge >= 0.3 is 6.18 Å². The van der Waals surface area contributed by atoms with Gasteiger partial charge < -0.3 is 9.30 Å². The Morgan fingerprint density at radius 1 is 1.15 bits per heavy atom. The molecule has 0 bridgehead atoms. The van der Waals surface area contributed by atoms with Crippen LogP contribution in [0.25, 0.3) is 11.1 Å². The second kappa shape index (κ2) is 7.10. The zero-order valence-corrected chi connectivity index (χ0v) is 14.6. The number of sulfone groups is 1. The molecule has 2 aromatic rings. The number of aromatic nitrogens is 1. The van der Waals surface area contributed by atoms with Crippen molar-refractivity contribution in [1.82, 2.24) is 4.57 Å². The lowest BCUT2D eigenvalue weighted by Crippen LogP contribution is -2.22. The van der Waals surface area contributed by atoms with E-state index in [1.165, 1.54) is 14.0 Å². The number of halogens is 4. The third kappa shape index (κ3) is 4.43. The number of ether oxygens (including phenoxy) is 1. The predicted molar refractivity (Wildman–Crippen MR) is 86.4 cm³/mol. The van der Waals surface area contributed by atoms with Gasteiger partial charge in [0.1, 0.15) is 11.6 Å². The number of hydrogen-bond acceptors (Lipinski definition) is 4. The standard InChI is InChI=1S/C16H15F4NO4S/c1-3-26(23,24)10-4-5-13(17)11(6-10)12-8-21(2)15(22)7-14(12)25-9-16(18,19)20/h4-8H,3,9H2,1-2H3. The molecule has 1 aromatic carbocycles. The van der Waals surface area contributed by atoms with E-state index in [2.05, 4.69) is 4.74 Å². The molecule has 0 aliphatic rings. The van der Waals surface area contributed by atoms with Crippen LogP contribution in [0.15, 0.2) is 40.2 Å². The van der Waals surface area contributed by atoms with Crippen LogP contribution in [-0.2, 0) is 16.9 Å². The van der Waals surface area contributed by atoms with Gasteiger partial charge in [-0.2, -0.15) is 13.2 Å². The molecule has 0 radical (unpaired) electrons. The van der Waals surface area contributed by atoms with Crippen LogP contribution in [0.2, 0.25) is 0 Å². The van der Waals surface area contributed by atoms with Gasteiger partial charge in [0.05, 0.1) is 10.6 Å². The van der Waals surface area contributed by atoms with Crippen molar-refractivity contribution in [3.63, 3.8) is 0 Å². The molecule has 0 unspecified atom stereocenters. The van der Waals surface area contributed by atoms with Gasteiger partial charge in [0, 0.05) is 30.4 Å². The number of aryl methyl sites for hydroxylation is 1. The maximum Gasteiger partial charge on any atom is 0.422 e. The summed E-state index contributed by atoms with van der Waals surface area (Å²) >= 11 is 0. The summed E-state index contributed by atoms with van der Waals surface area (Å²) in [4.78, 5) is 11.5. The summed E-state index contributed by atoms with van der Waals surface area (Å²) in [7, 11) is -2.34. The fourth-order valence-electron chi connectivity index (χ4n) is 2.16. The Hall–Kier alpha value is -2.36. The molecule has 0 aliphatic carbocycles. The zero-order chi connectivity index (χ0) is 19.7. The van der Waals surface area contributed by atoms with E-state index in [4.69, 9.17) is 0 Å². The van der Waals surface area contributed by atoms with Crippen LogP contribution < -0.4 is 10.3 Å². The first-order valence-electron chi connectivity index (χ1n) is 7.37. The first kappa shape index (κ1) is 20.0. The molecule has 5 nitrogen and oxygen atoms in total. The number of hydrogen-bond donors (Lipinski definition) is 0. The molecule has 10 heteroatoms. The average molecular weight is 393 g/mol. The minimum atomic E-state index is -4.66. The maximum absolute atomic E-state index is 14.3. The molecular weight excluding hydrogens is 378 g/mol. The maximum atomic E-state index is 14.3. The molecule has 0 atom stereocenters. The summed E-state index contributed by atoms with van der Waals surface area (Å²) < 4.78 is 81.3. The average Bonchev–Trinajstić information content (AvgIpc) is 2.55. The monoisotopic (exact) mass is 393 g/mol. The number of nitrogens with zero attached hydrogens (tertiary/aromatic N) is 1. The molecule has 0 fully saturated rings. The SMILES string of the molecule is CCS(=O)(=O)c1ccc(F)c(-c2cn(C)c(=O)cc2OCC(F)(F)F)c1. The van der Waals surface area contributed by atoms with Crippen molar-refractivity contribution >= 4 is 9.84 Å². The van der Waals surface area contributed by atoms with Gasteiger partial charge in [0.2, 0.25) is 0 Å². The van der Waals surface area contributed by atoms with Crippen LogP contribution in [0.5, 0.6) is 5.75 Å². The first-order chi connectivity index (χ1) is 11.9. The lowest BCUT2D eigenvalue weighted by atomic mass is 10.1. The van der Waals surface area contributed by atoms with Gasteiger partial charge in [0.25, 0.3) is 5.56 Å². The molecule has 0 saturated heterocycles. The van der Waals surface area contributed by atoms with E-state index in [0.717, 1.165) is 35.0 Å². The normalized spacial score (nSPS) is 12.2. The number of alkyl halides is 3. The Kier molecular flexibility index (Phi) is 5.45. The number of pyridine rings is 1. The Labute approximate surface area is 146 Å². The van der Waals surface area contributed by atoms with E-state index in [1.54, 1.807) is 0 Å². The Morgan fingerprint density at radius 3 is 2.38 bits per heavy atom. The van der Waals surface area contributed by atoms with Crippen LogP contribution in [0, 0.1) is 5.82 Å². The molecule has 0 saturated carbocycles. The first-order valence-corrected chi connectivity index (χ1v) is 9.02. The zero-order valence-electron chi connectivity index (χ0n) is 13.8. The molecule has 1 aromatic heterocycles. The van der Waals surface area contributed by atoms with Crippen molar-refractivity contribution in [3.05, 3.63) is 46.6 Å². The van der Waals surface area contributed by atoms with Crippen LogP contribution in [0.3, 0.4) is 0 Å². The van der Waals surface area contributed by atoms with E-state index in [1.807, 2.05) is 0 Å². The summed E-state index contributed by atoms with van der Waals surface area (Å²) in [5.74, 6) is -1.59. The summed E-state index contributed by atoms with van der Waals surface area (Å²) in [5, 5.41) is 0. The van der Waals surface area contributed by atoms with Gasteiger partial charge in [-0.3, -0.25) is 4.79 Å². The van der Waals surface area contributed by atoms with E-state index in [9.17, 15) is 30.8 Å². The van der Waals surface area contributed by atoms with Gasteiger partial charge in [0.15, 0.2) is 16.4 Å². The van der Waals surface area contributed by atoms with E-state index in [0.29, 0.717) is 0 Å². The molecule has 0 spiro atoms. The van der Waals surface area contributed by atoms with Gasteiger partial charge in [-0.05, 0) is 18.2 Å². The highest BCUT2D eigenvalue weighted by Crippen LogP contribution is 2.33. The predicted octanol–water partition coefficient (Wildman–Crippen LogP) is 2.93. The minimum absolute atomic E-state index is 0.165. The lowest BCUT2D eigenvalue weighted by Gasteiger charge is -2.15. The summed E-state index contributed by atoms with van der Waals surface area (Å²) in [5.41, 5.74) is -1.11. The van der Waals surface area contributed by atoms with E-state index < -0.39 is 39.7 Å². The highest BCUT2D eigenvalue weighted by atomic mass is 32.2. The van der Waals surface area contributed by atoms with Crippen LogP contribution in [0.1, 0.15) is 6.92 Å². The van der Waals surface area contributed by atoms with Gasteiger partial charge in [-0.25, -0.2) is 12.8 Å². The highest BCUT2D eigenvalue weighted by Gasteiger charge is 2.29. The second-order valence-corrected chi connectivity index (χ2v) is 7.73. The topological polar surface area (TPSA) is 65.4 Å². The van der Waals surface area contributed by atoms with Crippen molar-refractivity contribution in [1.29, 1.82) is 0 Å². The summed E-state index contributed by atoms with van der Waals surface area (Å²) in [6, 6.07) is 3.77. The van der Waals surface area contributed by atoms with Crippen molar-refractivity contribution in [2.75, 3.05) is 12.4 Å². The number of benzene rings is 1. The van der Waals surface area contributed by atoms with E-state index >= 15 is 0 Å². The molecule has 1 heterocycles. The van der Waals surface area contributed by atoms with Crippen LogP contribution in [0.4, 0.5) is 17.6 Å². The quantitative estimate of drug-likeness (QED) is 0.579. The third-order valence-electron chi connectivity index (χ3n) is 3.55. The van der Waals surface area contributed by atoms with E-state index in [-0.39, 0.29) is 21.8 Å². The van der Waals surface area contributed by atoms with Gasteiger partial charge in [-0.15, -0.1) is 0 Å². The largest absolute Gasteiger partial charge is 0.483 e. The summed E-state index contributed by atoms with van der Waals surface area (Å²) in [6.07, 6.45) is -3.57. The highest BCUT2D eigenvalue weighted by molar-refractivity contribution is 7.91. The molecule has 0 aliphatic heterocycles. The Balaban J connectivity index is 2.65. The molecule has 142 valence electrons. The Bertz CT molecular complexity index is 981. The molecule has 0 N–H and O–H groups in total. The minimum Gasteiger partial charge on any atom is -0.483 e. The smallest absolute Gasteiger partial charge is 0.422 e.